The SMILES string of the molecule is Cc1cc(C)cc(N=C2S[C@H](c3ccccc3)CN2C(C)C)c1. The van der Waals surface area contributed by atoms with E-state index in [1.165, 1.54) is 16.7 Å². The lowest BCUT2D eigenvalue weighted by molar-refractivity contribution is 0.367. The van der Waals surface area contributed by atoms with E-state index in [0.29, 0.717) is 11.3 Å². The predicted molar refractivity (Wildman–Crippen MR) is 102 cm³/mol. The lowest BCUT2D eigenvalue weighted by Gasteiger charge is -2.22. The molecule has 23 heavy (non-hydrogen) atoms. The Labute approximate surface area is 143 Å². The minimum atomic E-state index is 0.459. The molecule has 1 aliphatic rings. The predicted octanol–water partition coefficient (Wildman–Crippen LogP) is 5.49. The van der Waals surface area contributed by atoms with Gasteiger partial charge in [0.15, 0.2) is 5.17 Å². The Morgan fingerprint density at radius 3 is 2.30 bits per heavy atom. The molecular weight excluding hydrogens is 300 g/mol. The van der Waals surface area contributed by atoms with Crippen molar-refractivity contribution in [3.8, 4) is 0 Å². The molecule has 120 valence electrons. The summed E-state index contributed by atoms with van der Waals surface area (Å²) in [5.74, 6) is 0. The number of hydrogen-bond donors (Lipinski definition) is 0. The van der Waals surface area contributed by atoms with Crippen LogP contribution in [-0.4, -0.2) is 22.7 Å². The normalized spacial score (nSPS) is 19.8. The van der Waals surface area contributed by atoms with Gasteiger partial charge in [-0.2, -0.15) is 0 Å². The van der Waals surface area contributed by atoms with E-state index in [1.54, 1.807) is 0 Å². The van der Waals surface area contributed by atoms with E-state index in [9.17, 15) is 0 Å². The topological polar surface area (TPSA) is 15.6 Å². The maximum Gasteiger partial charge on any atom is 0.165 e. The van der Waals surface area contributed by atoms with Crippen LogP contribution in [0.25, 0.3) is 0 Å². The van der Waals surface area contributed by atoms with Gasteiger partial charge in [-0.3, -0.25) is 0 Å². The monoisotopic (exact) mass is 324 g/mol. The van der Waals surface area contributed by atoms with Crippen molar-refractivity contribution in [3.05, 3.63) is 65.2 Å². The summed E-state index contributed by atoms with van der Waals surface area (Å²) in [5.41, 5.74) is 4.98. The minimum Gasteiger partial charge on any atom is -0.347 e. The maximum atomic E-state index is 4.96. The van der Waals surface area contributed by atoms with Gasteiger partial charge in [0.25, 0.3) is 0 Å². The maximum absolute atomic E-state index is 4.96. The van der Waals surface area contributed by atoms with Crippen molar-refractivity contribution in [1.29, 1.82) is 0 Å². The number of rotatable bonds is 3. The minimum absolute atomic E-state index is 0.459. The van der Waals surface area contributed by atoms with Crippen LogP contribution in [-0.2, 0) is 0 Å². The number of benzene rings is 2. The van der Waals surface area contributed by atoms with Crippen LogP contribution in [0.5, 0.6) is 0 Å². The fourth-order valence-electron chi connectivity index (χ4n) is 2.98. The van der Waals surface area contributed by atoms with Gasteiger partial charge in [0, 0.05) is 12.6 Å². The van der Waals surface area contributed by atoms with Crippen molar-refractivity contribution in [2.24, 2.45) is 4.99 Å². The molecule has 1 atom stereocenters. The van der Waals surface area contributed by atoms with Crippen LogP contribution in [0.2, 0.25) is 0 Å². The third kappa shape index (κ3) is 3.78. The molecule has 0 unspecified atom stereocenters. The van der Waals surface area contributed by atoms with Gasteiger partial charge in [-0.1, -0.05) is 48.2 Å². The molecule has 1 fully saturated rings. The molecule has 2 aromatic rings. The summed E-state index contributed by atoms with van der Waals surface area (Å²) < 4.78 is 0. The summed E-state index contributed by atoms with van der Waals surface area (Å²) >= 11 is 1.88. The van der Waals surface area contributed by atoms with Gasteiger partial charge in [0.05, 0.1) is 10.9 Å². The number of hydrogen-bond acceptors (Lipinski definition) is 2. The first kappa shape index (κ1) is 16.1. The van der Waals surface area contributed by atoms with Crippen LogP contribution in [0.3, 0.4) is 0 Å². The largest absolute Gasteiger partial charge is 0.347 e. The van der Waals surface area contributed by atoms with Gasteiger partial charge >= 0.3 is 0 Å². The van der Waals surface area contributed by atoms with Crippen molar-refractivity contribution in [1.82, 2.24) is 4.90 Å². The van der Waals surface area contributed by atoms with Crippen molar-refractivity contribution in [2.45, 2.75) is 39.0 Å². The van der Waals surface area contributed by atoms with E-state index in [4.69, 9.17) is 4.99 Å². The molecule has 0 saturated carbocycles. The summed E-state index contributed by atoms with van der Waals surface area (Å²) in [6.07, 6.45) is 0. The van der Waals surface area contributed by atoms with Crippen LogP contribution in [0.4, 0.5) is 5.69 Å². The molecule has 0 radical (unpaired) electrons. The number of nitrogens with zero attached hydrogens (tertiary/aromatic N) is 2. The van der Waals surface area contributed by atoms with Gasteiger partial charge < -0.3 is 4.90 Å². The number of aryl methyl sites for hydroxylation is 2. The second-order valence-electron chi connectivity index (χ2n) is 6.50. The van der Waals surface area contributed by atoms with Crippen LogP contribution < -0.4 is 0 Å². The highest BCUT2D eigenvalue weighted by Crippen LogP contribution is 2.40. The van der Waals surface area contributed by atoms with Crippen molar-refractivity contribution >= 4 is 22.6 Å². The van der Waals surface area contributed by atoms with Gasteiger partial charge in [0.1, 0.15) is 0 Å². The second kappa shape index (κ2) is 6.79. The Bertz CT molecular complexity index is 687. The lowest BCUT2D eigenvalue weighted by Crippen LogP contribution is -2.31. The highest BCUT2D eigenvalue weighted by molar-refractivity contribution is 8.14. The molecule has 3 heteroatoms. The summed E-state index contributed by atoms with van der Waals surface area (Å²) in [4.78, 5) is 7.38. The van der Waals surface area contributed by atoms with Crippen molar-refractivity contribution in [3.63, 3.8) is 0 Å². The average Bonchev–Trinajstić information content (AvgIpc) is 2.91. The molecule has 0 N–H and O–H groups in total. The van der Waals surface area contributed by atoms with Crippen molar-refractivity contribution in [2.75, 3.05) is 6.54 Å². The Morgan fingerprint density at radius 2 is 1.70 bits per heavy atom. The van der Waals surface area contributed by atoms with E-state index >= 15 is 0 Å². The molecular formula is C20H24N2S. The fourth-order valence-corrected chi connectivity index (χ4v) is 4.34. The Hall–Kier alpha value is -1.74. The van der Waals surface area contributed by atoms with E-state index < -0.39 is 0 Å². The first-order valence-corrected chi connectivity index (χ1v) is 9.06. The van der Waals surface area contributed by atoms with E-state index in [-0.39, 0.29) is 0 Å². The Morgan fingerprint density at radius 1 is 1.04 bits per heavy atom. The lowest BCUT2D eigenvalue weighted by atomic mass is 10.1. The molecule has 0 aliphatic carbocycles. The van der Waals surface area contributed by atoms with Gasteiger partial charge in [-0.25, -0.2) is 4.99 Å². The average molecular weight is 324 g/mol. The summed E-state index contributed by atoms with van der Waals surface area (Å²) in [6.45, 7) is 9.77. The molecule has 0 spiro atoms. The molecule has 0 bridgehead atoms. The number of aliphatic imine (C=N–C) groups is 1. The second-order valence-corrected chi connectivity index (χ2v) is 7.67. The van der Waals surface area contributed by atoms with Crippen molar-refractivity contribution < 1.29 is 0 Å². The Balaban J connectivity index is 1.91. The fraction of sp³-hybridized carbons (Fsp3) is 0.350. The molecule has 1 heterocycles. The standard InChI is InChI=1S/C20H24N2S/c1-14(2)22-13-19(17-8-6-5-7-9-17)23-20(22)21-18-11-15(3)10-16(4)12-18/h5-12,14,19H,13H2,1-4H3/t19-/m0/s1. The number of thioether (sulfide) groups is 1. The zero-order valence-corrected chi connectivity index (χ0v) is 15.1. The third-order valence-corrected chi connectivity index (χ3v) is 5.32. The first-order valence-electron chi connectivity index (χ1n) is 8.18. The van der Waals surface area contributed by atoms with Crippen LogP contribution >= 0.6 is 11.8 Å². The summed E-state index contributed by atoms with van der Waals surface area (Å²) in [6, 6.07) is 17.7. The first-order chi connectivity index (χ1) is 11.0. The molecule has 1 saturated heterocycles. The van der Waals surface area contributed by atoms with Gasteiger partial charge in [0.2, 0.25) is 0 Å². The molecule has 3 rings (SSSR count). The Kier molecular flexibility index (Phi) is 4.76. The molecule has 1 aliphatic heterocycles. The third-order valence-electron chi connectivity index (χ3n) is 4.08. The van der Waals surface area contributed by atoms with Crippen LogP contribution in [0, 0.1) is 13.8 Å². The van der Waals surface area contributed by atoms with Gasteiger partial charge in [-0.15, -0.1) is 0 Å². The smallest absolute Gasteiger partial charge is 0.165 e. The van der Waals surface area contributed by atoms with Crippen LogP contribution in [0.1, 0.15) is 35.8 Å². The van der Waals surface area contributed by atoms with E-state index in [0.717, 1.165) is 17.4 Å². The highest BCUT2D eigenvalue weighted by Gasteiger charge is 2.31. The highest BCUT2D eigenvalue weighted by atomic mass is 32.2. The molecule has 2 aromatic carbocycles. The molecule has 2 nitrogen and oxygen atoms in total. The van der Waals surface area contributed by atoms with E-state index in [1.807, 2.05) is 11.8 Å². The zero-order valence-electron chi connectivity index (χ0n) is 14.3. The summed E-state index contributed by atoms with van der Waals surface area (Å²) in [5, 5.41) is 1.60. The number of amidine groups is 1. The molecule has 0 amide bonds. The van der Waals surface area contributed by atoms with E-state index in [2.05, 4.69) is 81.1 Å². The summed E-state index contributed by atoms with van der Waals surface area (Å²) in [7, 11) is 0. The quantitative estimate of drug-likeness (QED) is 0.742. The zero-order chi connectivity index (χ0) is 16.4. The van der Waals surface area contributed by atoms with Crippen LogP contribution in [0.15, 0.2) is 53.5 Å². The molecule has 0 aromatic heterocycles. The van der Waals surface area contributed by atoms with Gasteiger partial charge in [-0.05, 0) is 56.5 Å².